The highest BCUT2D eigenvalue weighted by Crippen LogP contribution is 2.21. The summed E-state index contributed by atoms with van der Waals surface area (Å²) in [7, 11) is 0. The van der Waals surface area contributed by atoms with Gasteiger partial charge in [0.15, 0.2) is 0 Å². The minimum atomic E-state index is -0.456. The van der Waals surface area contributed by atoms with Crippen molar-refractivity contribution in [3.8, 4) is 0 Å². The summed E-state index contributed by atoms with van der Waals surface area (Å²) >= 11 is 1.30. The molecule has 2 N–H and O–H groups in total. The molecule has 0 fully saturated rings. The molecular formula is C15H12N4O3S. The number of hydrogen-bond donors (Lipinski definition) is 2. The molecule has 23 heavy (non-hydrogen) atoms. The topological polar surface area (TPSA) is 101 Å². The fraction of sp³-hybridized carbons (Fsp3) is 0.0667. The zero-order chi connectivity index (χ0) is 16.2. The highest BCUT2D eigenvalue weighted by Gasteiger charge is 2.09. The molecule has 1 amide bonds. The number of nitrogens with zero attached hydrogens (tertiary/aromatic N) is 2. The molecule has 8 heteroatoms. The van der Waals surface area contributed by atoms with Crippen molar-refractivity contribution in [1.82, 2.24) is 9.97 Å². The molecule has 0 saturated carbocycles. The molecule has 2 aromatic carbocycles. The first-order chi connectivity index (χ1) is 11.1. The van der Waals surface area contributed by atoms with Gasteiger partial charge >= 0.3 is 0 Å². The summed E-state index contributed by atoms with van der Waals surface area (Å²) in [5.74, 6) is 0.391. The van der Waals surface area contributed by atoms with Gasteiger partial charge in [-0.15, -0.1) is 11.8 Å². The molecule has 0 bridgehead atoms. The molecule has 0 aliphatic carbocycles. The number of hydrogen-bond acceptors (Lipinski definition) is 5. The fourth-order valence-corrected chi connectivity index (χ4v) is 2.69. The van der Waals surface area contributed by atoms with Crippen LogP contribution in [0.2, 0.25) is 0 Å². The van der Waals surface area contributed by atoms with E-state index in [1.807, 2.05) is 24.3 Å². The van der Waals surface area contributed by atoms with Gasteiger partial charge in [0.1, 0.15) is 0 Å². The van der Waals surface area contributed by atoms with Crippen LogP contribution in [0.4, 0.5) is 11.6 Å². The van der Waals surface area contributed by atoms with Gasteiger partial charge in [0.25, 0.3) is 5.69 Å². The van der Waals surface area contributed by atoms with Crippen molar-refractivity contribution in [3.05, 3.63) is 58.6 Å². The van der Waals surface area contributed by atoms with E-state index in [0.717, 1.165) is 15.9 Å². The molecule has 116 valence electrons. The van der Waals surface area contributed by atoms with Crippen LogP contribution in [-0.4, -0.2) is 26.6 Å². The molecule has 0 radical (unpaired) electrons. The van der Waals surface area contributed by atoms with Crippen LogP contribution in [0.3, 0.4) is 0 Å². The number of carbonyl (C=O) groups excluding carboxylic acids is 1. The normalized spacial score (nSPS) is 10.6. The summed E-state index contributed by atoms with van der Waals surface area (Å²) in [5, 5.41) is 13.3. The maximum Gasteiger partial charge on any atom is 0.269 e. The highest BCUT2D eigenvalue weighted by molar-refractivity contribution is 8.00. The fourth-order valence-electron chi connectivity index (χ4n) is 1.99. The van der Waals surface area contributed by atoms with Crippen molar-refractivity contribution >= 4 is 40.3 Å². The number of benzene rings is 2. The lowest BCUT2D eigenvalue weighted by Gasteiger charge is -2.02. The SMILES string of the molecule is O=C(CSc1ccc([N+](=O)[O-])cc1)Nc1nc2ccccc2[nH]1. The third-order valence-corrected chi connectivity index (χ3v) is 4.08. The van der Waals surface area contributed by atoms with Crippen molar-refractivity contribution in [3.63, 3.8) is 0 Å². The molecule has 0 aliphatic rings. The number of nitrogens with one attached hydrogen (secondary N) is 2. The predicted molar refractivity (Wildman–Crippen MR) is 88.5 cm³/mol. The molecular weight excluding hydrogens is 316 g/mol. The maximum atomic E-state index is 11.9. The number of thioether (sulfide) groups is 1. The summed E-state index contributed by atoms with van der Waals surface area (Å²) < 4.78 is 0. The van der Waals surface area contributed by atoms with E-state index in [-0.39, 0.29) is 17.3 Å². The summed E-state index contributed by atoms with van der Waals surface area (Å²) in [4.78, 5) is 30.1. The summed E-state index contributed by atoms with van der Waals surface area (Å²) in [6.07, 6.45) is 0. The van der Waals surface area contributed by atoms with Gasteiger partial charge in [-0.3, -0.25) is 20.2 Å². The number of H-pyrrole nitrogens is 1. The standard InChI is InChI=1S/C15H12N4O3S/c20-14(9-23-11-7-5-10(6-8-11)19(21)22)18-15-16-12-3-1-2-4-13(12)17-15/h1-8H,9H2,(H2,16,17,18,20). The smallest absolute Gasteiger partial charge is 0.269 e. The van der Waals surface area contributed by atoms with Gasteiger partial charge in [0.2, 0.25) is 11.9 Å². The number of carbonyl (C=O) groups is 1. The molecule has 1 heterocycles. The van der Waals surface area contributed by atoms with Gasteiger partial charge in [0.05, 0.1) is 21.7 Å². The summed E-state index contributed by atoms with van der Waals surface area (Å²) in [6, 6.07) is 13.6. The van der Waals surface area contributed by atoms with E-state index < -0.39 is 4.92 Å². The Hall–Kier alpha value is -2.87. The Kier molecular flexibility index (Phi) is 4.24. The first-order valence-corrected chi connectivity index (χ1v) is 7.72. The number of para-hydroxylation sites is 2. The van der Waals surface area contributed by atoms with E-state index in [2.05, 4.69) is 15.3 Å². The lowest BCUT2D eigenvalue weighted by molar-refractivity contribution is -0.384. The molecule has 7 nitrogen and oxygen atoms in total. The Labute approximate surface area is 135 Å². The second kappa shape index (κ2) is 6.49. The Balaban J connectivity index is 1.57. The zero-order valence-electron chi connectivity index (χ0n) is 11.9. The largest absolute Gasteiger partial charge is 0.324 e. The van der Waals surface area contributed by atoms with Crippen LogP contribution in [0.5, 0.6) is 0 Å². The number of aromatic amines is 1. The maximum absolute atomic E-state index is 11.9. The van der Waals surface area contributed by atoms with Gasteiger partial charge in [-0.2, -0.15) is 0 Å². The van der Waals surface area contributed by atoms with Crippen molar-refractivity contribution in [1.29, 1.82) is 0 Å². The van der Waals surface area contributed by atoms with Crippen LogP contribution < -0.4 is 5.32 Å². The van der Waals surface area contributed by atoms with E-state index in [4.69, 9.17) is 0 Å². The first-order valence-electron chi connectivity index (χ1n) is 6.74. The lowest BCUT2D eigenvalue weighted by Crippen LogP contribution is -2.14. The van der Waals surface area contributed by atoms with Crippen LogP contribution in [0.1, 0.15) is 0 Å². The van der Waals surface area contributed by atoms with Crippen LogP contribution in [0.15, 0.2) is 53.4 Å². The predicted octanol–water partition coefficient (Wildman–Crippen LogP) is 3.20. The zero-order valence-corrected chi connectivity index (χ0v) is 12.7. The van der Waals surface area contributed by atoms with Crippen molar-refractivity contribution < 1.29 is 9.72 Å². The van der Waals surface area contributed by atoms with Crippen molar-refractivity contribution in [2.24, 2.45) is 0 Å². The second-order valence-corrected chi connectivity index (χ2v) is 5.74. The molecule has 0 spiro atoms. The monoisotopic (exact) mass is 328 g/mol. The number of aromatic nitrogens is 2. The van der Waals surface area contributed by atoms with E-state index in [1.54, 1.807) is 12.1 Å². The molecule has 0 saturated heterocycles. The highest BCUT2D eigenvalue weighted by atomic mass is 32.2. The van der Waals surface area contributed by atoms with E-state index in [0.29, 0.717) is 5.95 Å². The Morgan fingerprint density at radius 1 is 1.22 bits per heavy atom. The molecule has 3 aromatic rings. The number of fused-ring (bicyclic) bond motifs is 1. The van der Waals surface area contributed by atoms with Gasteiger partial charge in [-0.1, -0.05) is 12.1 Å². The van der Waals surface area contributed by atoms with E-state index in [1.165, 1.54) is 23.9 Å². The number of non-ortho nitro benzene ring substituents is 1. The number of anilines is 1. The minimum Gasteiger partial charge on any atom is -0.324 e. The van der Waals surface area contributed by atoms with Gasteiger partial charge in [-0.05, 0) is 24.3 Å². The lowest BCUT2D eigenvalue weighted by atomic mass is 10.3. The van der Waals surface area contributed by atoms with Gasteiger partial charge < -0.3 is 4.98 Å². The van der Waals surface area contributed by atoms with Crippen LogP contribution in [0, 0.1) is 10.1 Å². The van der Waals surface area contributed by atoms with E-state index in [9.17, 15) is 14.9 Å². The number of nitro benzene ring substituents is 1. The molecule has 1 aromatic heterocycles. The molecule has 0 atom stereocenters. The first kappa shape index (κ1) is 15.0. The molecule has 3 rings (SSSR count). The van der Waals surface area contributed by atoms with Crippen molar-refractivity contribution in [2.45, 2.75) is 4.90 Å². The number of rotatable bonds is 5. The third kappa shape index (κ3) is 3.67. The summed E-state index contributed by atoms with van der Waals surface area (Å²) in [5.41, 5.74) is 1.66. The average molecular weight is 328 g/mol. The average Bonchev–Trinajstić information content (AvgIpc) is 2.95. The van der Waals surface area contributed by atoms with Crippen molar-refractivity contribution in [2.75, 3.05) is 11.1 Å². The summed E-state index contributed by atoms with van der Waals surface area (Å²) in [6.45, 7) is 0. The van der Waals surface area contributed by atoms with Gasteiger partial charge in [0, 0.05) is 17.0 Å². The quantitative estimate of drug-likeness (QED) is 0.425. The Morgan fingerprint density at radius 3 is 2.65 bits per heavy atom. The number of nitro groups is 1. The van der Waals surface area contributed by atoms with E-state index >= 15 is 0 Å². The minimum absolute atomic E-state index is 0.0288. The van der Waals surface area contributed by atoms with Gasteiger partial charge in [-0.25, -0.2) is 4.98 Å². The van der Waals surface area contributed by atoms with Crippen LogP contribution >= 0.6 is 11.8 Å². The Morgan fingerprint density at radius 2 is 1.96 bits per heavy atom. The number of imidazole rings is 1. The number of amides is 1. The molecule has 0 aliphatic heterocycles. The van der Waals surface area contributed by atoms with Crippen LogP contribution in [-0.2, 0) is 4.79 Å². The third-order valence-electron chi connectivity index (χ3n) is 3.06. The second-order valence-electron chi connectivity index (χ2n) is 4.69. The Bertz CT molecular complexity index is 828. The van der Waals surface area contributed by atoms with Crippen LogP contribution in [0.25, 0.3) is 11.0 Å². The molecule has 0 unspecified atom stereocenters.